The van der Waals surface area contributed by atoms with Crippen molar-refractivity contribution in [3.8, 4) is 0 Å². The molecule has 0 aromatic heterocycles. The quantitative estimate of drug-likeness (QED) is 0.440. The van der Waals surface area contributed by atoms with Gasteiger partial charge < -0.3 is 15.4 Å². The molecule has 0 saturated carbocycles. The SMILES string of the molecule is CNC(=O)c1ccc(Nc2ccc(CC(C)C(=O)OC)cc2)c([N+](=O)[O-])c1. The lowest BCUT2D eigenvalue weighted by Gasteiger charge is -2.11. The number of carbonyl (C=O) groups is 2. The Labute approximate surface area is 156 Å². The van der Waals surface area contributed by atoms with E-state index >= 15 is 0 Å². The zero-order valence-electron chi connectivity index (χ0n) is 15.3. The zero-order valence-corrected chi connectivity index (χ0v) is 15.3. The van der Waals surface area contributed by atoms with Crippen LogP contribution in [-0.2, 0) is 16.0 Å². The van der Waals surface area contributed by atoms with Gasteiger partial charge in [0.05, 0.1) is 18.0 Å². The van der Waals surface area contributed by atoms with Gasteiger partial charge in [0, 0.05) is 24.4 Å². The molecule has 0 aliphatic rings. The third kappa shape index (κ3) is 5.04. The third-order valence-corrected chi connectivity index (χ3v) is 4.06. The molecule has 8 heteroatoms. The van der Waals surface area contributed by atoms with Crippen LogP contribution in [0.1, 0.15) is 22.8 Å². The summed E-state index contributed by atoms with van der Waals surface area (Å²) in [5, 5.41) is 16.8. The van der Waals surface area contributed by atoms with Crippen LogP contribution in [0.4, 0.5) is 17.1 Å². The Morgan fingerprint density at radius 3 is 2.41 bits per heavy atom. The van der Waals surface area contributed by atoms with Crippen LogP contribution < -0.4 is 10.6 Å². The van der Waals surface area contributed by atoms with Crippen molar-refractivity contribution in [1.82, 2.24) is 5.32 Å². The first-order valence-corrected chi connectivity index (χ1v) is 8.30. The molecule has 0 radical (unpaired) electrons. The fraction of sp³-hybridized carbons (Fsp3) is 0.263. The Hall–Kier alpha value is -3.42. The van der Waals surface area contributed by atoms with E-state index < -0.39 is 10.8 Å². The second-order valence-corrected chi connectivity index (χ2v) is 6.02. The first kappa shape index (κ1) is 19.9. The number of methoxy groups -OCH3 is 1. The Morgan fingerprint density at radius 2 is 1.85 bits per heavy atom. The van der Waals surface area contributed by atoms with E-state index in [0.717, 1.165) is 5.56 Å². The first-order chi connectivity index (χ1) is 12.8. The third-order valence-electron chi connectivity index (χ3n) is 4.06. The maximum absolute atomic E-state index is 11.7. The van der Waals surface area contributed by atoms with E-state index in [0.29, 0.717) is 12.1 Å². The number of ether oxygens (including phenoxy) is 1. The Bertz CT molecular complexity index is 849. The average molecular weight is 371 g/mol. The zero-order chi connectivity index (χ0) is 20.0. The molecule has 2 rings (SSSR count). The fourth-order valence-corrected chi connectivity index (χ4v) is 2.59. The summed E-state index contributed by atoms with van der Waals surface area (Å²) in [5.74, 6) is -0.926. The highest BCUT2D eigenvalue weighted by Gasteiger charge is 2.18. The molecule has 2 aromatic carbocycles. The van der Waals surface area contributed by atoms with E-state index in [1.165, 1.54) is 32.4 Å². The van der Waals surface area contributed by atoms with Gasteiger partial charge in [-0.1, -0.05) is 19.1 Å². The highest BCUT2D eigenvalue weighted by Crippen LogP contribution is 2.29. The van der Waals surface area contributed by atoms with Crippen LogP contribution in [-0.4, -0.2) is 31.0 Å². The number of carbonyl (C=O) groups excluding carboxylic acids is 2. The molecule has 2 aromatic rings. The van der Waals surface area contributed by atoms with Gasteiger partial charge in [-0.3, -0.25) is 19.7 Å². The van der Waals surface area contributed by atoms with Crippen LogP contribution in [0.2, 0.25) is 0 Å². The summed E-state index contributed by atoms with van der Waals surface area (Å²) in [6.45, 7) is 1.79. The maximum atomic E-state index is 11.7. The molecule has 0 spiro atoms. The number of anilines is 2. The summed E-state index contributed by atoms with van der Waals surface area (Å²) in [7, 11) is 2.82. The van der Waals surface area contributed by atoms with Crippen LogP contribution in [0.5, 0.6) is 0 Å². The Kier molecular flexibility index (Phi) is 6.48. The van der Waals surface area contributed by atoms with Crippen molar-refractivity contribution in [2.75, 3.05) is 19.5 Å². The molecule has 1 amide bonds. The number of nitro benzene ring substituents is 1. The number of esters is 1. The lowest BCUT2D eigenvalue weighted by atomic mass is 10.0. The van der Waals surface area contributed by atoms with Gasteiger partial charge in [-0.05, 0) is 36.2 Å². The average Bonchev–Trinajstić information content (AvgIpc) is 2.68. The van der Waals surface area contributed by atoms with Crippen LogP contribution in [0.15, 0.2) is 42.5 Å². The molecule has 0 aliphatic carbocycles. The van der Waals surface area contributed by atoms with Crippen LogP contribution >= 0.6 is 0 Å². The van der Waals surface area contributed by atoms with Gasteiger partial charge in [0.15, 0.2) is 0 Å². The predicted octanol–water partition coefficient (Wildman–Crippen LogP) is 3.05. The van der Waals surface area contributed by atoms with Crippen LogP contribution in [0, 0.1) is 16.0 Å². The molecule has 8 nitrogen and oxygen atoms in total. The molecule has 0 saturated heterocycles. The van der Waals surface area contributed by atoms with E-state index in [9.17, 15) is 19.7 Å². The minimum absolute atomic E-state index is 0.195. The minimum Gasteiger partial charge on any atom is -0.469 e. The van der Waals surface area contributed by atoms with E-state index in [1.54, 1.807) is 19.1 Å². The molecule has 0 fully saturated rings. The van der Waals surface area contributed by atoms with Crippen molar-refractivity contribution in [3.63, 3.8) is 0 Å². The monoisotopic (exact) mass is 371 g/mol. The number of nitrogens with one attached hydrogen (secondary N) is 2. The van der Waals surface area contributed by atoms with Crippen LogP contribution in [0.3, 0.4) is 0 Å². The van der Waals surface area contributed by atoms with Gasteiger partial charge in [-0.2, -0.15) is 0 Å². The molecule has 27 heavy (non-hydrogen) atoms. The van der Waals surface area contributed by atoms with Gasteiger partial charge in [-0.15, -0.1) is 0 Å². The molecule has 0 heterocycles. The molecule has 1 unspecified atom stereocenters. The van der Waals surface area contributed by atoms with Crippen molar-refractivity contribution in [2.24, 2.45) is 5.92 Å². The van der Waals surface area contributed by atoms with Gasteiger partial charge in [0.25, 0.3) is 11.6 Å². The lowest BCUT2D eigenvalue weighted by molar-refractivity contribution is -0.383. The predicted molar refractivity (Wildman–Crippen MR) is 101 cm³/mol. The van der Waals surface area contributed by atoms with Gasteiger partial charge >= 0.3 is 5.97 Å². The highest BCUT2D eigenvalue weighted by molar-refractivity contribution is 5.95. The Balaban J connectivity index is 2.18. The summed E-state index contributed by atoms with van der Waals surface area (Å²) in [6, 6.07) is 11.5. The maximum Gasteiger partial charge on any atom is 0.308 e. The molecular weight excluding hydrogens is 350 g/mol. The number of rotatable bonds is 7. The fourth-order valence-electron chi connectivity index (χ4n) is 2.59. The number of benzene rings is 2. The number of amides is 1. The highest BCUT2D eigenvalue weighted by atomic mass is 16.6. The second kappa shape index (κ2) is 8.79. The summed E-state index contributed by atoms with van der Waals surface area (Å²) in [4.78, 5) is 34.0. The molecule has 0 bridgehead atoms. The van der Waals surface area contributed by atoms with Crippen molar-refractivity contribution in [2.45, 2.75) is 13.3 Å². The molecule has 0 aliphatic heterocycles. The van der Waals surface area contributed by atoms with Crippen molar-refractivity contribution in [3.05, 3.63) is 63.7 Å². The van der Waals surface area contributed by atoms with E-state index in [1.807, 2.05) is 12.1 Å². The van der Waals surface area contributed by atoms with Crippen molar-refractivity contribution < 1.29 is 19.2 Å². The minimum atomic E-state index is -0.540. The summed E-state index contributed by atoms with van der Waals surface area (Å²) >= 11 is 0. The van der Waals surface area contributed by atoms with Crippen LogP contribution in [0.25, 0.3) is 0 Å². The number of hydrogen-bond acceptors (Lipinski definition) is 6. The Morgan fingerprint density at radius 1 is 1.19 bits per heavy atom. The van der Waals surface area contributed by atoms with Gasteiger partial charge in [-0.25, -0.2) is 0 Å². The molecule has 142 valence electrons. The van der Waals surface area contributed by atoms with Gasteiger partial charge in [0.1, 0.15) is 5.69 Å². The van der Waals surface area contributed by atoms with Gasteiger partial charge in [0.2, 0.25) is 0 Å². The largest absolute Gasteiger partial charge is 0.469 e. The standard InChI is InChI=1S/C19H21N3O5/c1-12(19(24)27-3)10-13-4-7-15(8-5-13)21-16-9-6-14(18(23)20-2)11-17(16)22(25)26/h4-9,11-12,21H,10H2,1-3H3,(H,20,23). The summed E-state index contributed by atoms with van der Waals surface area (Å²) in [5.41, 5.74) is 1.90. The normalized spacial score (nSPS) is 11.4. The lowest BCUT2D eigenvalue weighted by Crippen LogP contribution is -2.17. The molecule has 1 atom stereocenters. The number of nitrogens with zero attached hydrogens (tertiary/aromatic N) is 1. The molecule has 2 N–H and O–H groups in total. The topological polar surface area (TPSA) is 111 Å². The summed E-state index contributed by atoms with van der Waals surface area (Å²) in [6.07, 6.45) is 0.536. The van der Waals surface area contributed by atoms with E-state index in [-0.39, 0.29) is 28.8 Å². The smallest absolute Gasteiger partial charge is 0.308 e. The second-order valence-electron chi connectivity index (χ2n) is 6.02. The van der Waals surface area contributed by atoms with Crippen molar-refractivity contribution in [1.29, 1.82) is 0 Å². The van der Waals surface area contributed by atoms with E-state index in [4.69, 9.17) is 4.74 Å². The number of hydrogen-bond donors (Lipinski definition) is 2. The van der Waals surface area contributed by atoms with Crippen molar-refractivity contribution >= 4 is 28.9 Å². The molecular formula is C19H21N3O5. The van der Waals surface area contributed by atoms with E-state index in [2.05, 4.69) is 10.6 Å². The first-order valence-electron chi connectivity index (χ1n) is 8.30. The number of nitro groups is 1. The summed E-state index contributed by atoms with van der Waals surface area (Å²) < 4.78 is 4.71.